The van der Waals surface area contributed by atoms with E-state index < -0.39 is 0 Å². The summed E-state index contributed by atoms with van der Waals surface area (Å²) in [5, 5.41) is 6.26. The fourth-order valence-corrected chi connectivity index (χ4v) is 2.10. The molecule has 0 spiro atoms. The summed E-state index contributed by atoms with van der Waals surface area (Å²) in [6.45, 7) is 3.88. The first kappa shape index (κ1) is 11.8. The molecule has 0 aliphatic carbocycles. The molecular weight excluding hydrogens is 236 g/mol. The average molecular weight is 250 g/mol. The number of nitrogens with zero attached hydrogens (tertiary/aromatic N) is 3. The van der Waals surface area contributed by atoms with Crippen molar-refractivity contribution in [1.82, 2.24) is 15.0 Å². The van der Waals surface area contributed by atoms with Gasteiger partial charge in [-0.15, -0.1) is 11.3 Å². The molecule has 0 amide bonds. The molecule has 5 nitrogen and oxygen atoms in total. The van der Waals surface area contributed by atoms with E-state index in [2.05, 4.69) is 20.3 Å². The molecule has 2 heterocycles. The molecule has 17 heavy (non-hydrogen) atoms. The lowest BCUT2D eigenvalue weighted by atomic mass is 10.3. The molecule has 0 aliphatic heterocycles. The lowest BCUT2D eigenvalue weighted by Crippen LogP contribution is -2.08. The second kappa shape index (κ2) is 5.09. The Morgan fingerprint density at radius 3 is 2.88 bits per heavy atom. The van der Waals surface area contributed by atoms with Gasteiger partial charge in [0.2, 0.25) is 5.88 Å². The number of ether oxygens (including phenoxy) is 1. The van der Waals surface area contributed by atoms with E-state index >= 15 is 0 Å². The highest BCUT2D eigenvalue weighted by Gasteiger charge is 2.09. The van der Waals surface area contributed by atoms with Gasteiger partial charge < -0.3 is 10.1 Å². The largest absolute Gasteiger partial charge is 0.481 e. The maximum absolute atomic E-state index is 5.10. The molecular formula is C11H14N4OS. The van der Waals surface area contributed by atoms with Crippen LogP contribution in [0.5, 0.6) is 5.88 Å². The highest BCUT2D eigenvalue weighted by Crippen LogP contribution is 2.21. The van der Waals surface area contributed by atoms with Gasteiger partial charge in [-0.3, -0.25) is 0 Å². The Bertz CT molecular complexity index is 486. The molecule has 1 unspecified atom stereocenters. The van der Waals surface area contributed by atoms with Gasteiger partial charge in [0.1, 0.15) is 16.6 Å². The zero-order chi connectivity index (χ0) is 12.3. The predicted molar refractivity (Wildman–Crippen MR) is 67.5 cm³/mol. The molecule has 0 saturated heterocycles. The fraction of sp³-hybridized carbons (Fsp3) is 0.364. The summed E-state index contributed by atoms with van der Waals surface area (Å²) in [6, 6.07) is 1.89. The van der Waals surface area contributed by atoms with Crippen molar-refractivity contribution >= 4 is 17.2 Å². The topological polar surface area (TPSA) is 59.9 Å². The monoisotopic (exact) mass is 250 g/mol. The van der Waals surface area contributed by atoms with Crippen molar-refractivity contribution < 1.29 is 4.74 Å². The summed E-state index contributed by atoms with van der Waals surface area (Å²) in [5.41, 5.74) is 0. The summed E-state index contributed by atoms with van der Waals surface area (Å²) in [7, 11) is 1.59. The van der Waals surface area contributed by atoms with Gasteiger partial charge in [-0.25, -0.2) is 9.97 Å². The van der Waals surface area contributed by atoms with E-state index in [-0.39, 0.29) is 6.04 Å². The SMILES string of the molecule is COc1cc(NC(C)c2nccs2)nc(C)n1. The van der Waals surface area contributed by atoms with Gasteiger partial charge in [0.15, 0.2) is 0 Å². The average Bonchev–Trinajstić information content (AvgIpc) is 2.81. The molecule has 2 aromatic rings. The molecule has 2 aromatic heterocycles. The standard InChI is InChI=1S/C11H14N4OS/c1-7(11-12-4-5-17-11)13-9-6-10(16-3)15-8(2)14-9/h4-7H,1-3H3,(H,13,14,15). The Morgan fingerprint density at radius 1 is 1.41 bits per heavy atom. The number of hydrogen-bond donors (Lipinski definition) is 1. The van der Waals surface area contributed by atoms with Gasteiger partial charge in [0.25, 0.3) is 0 Å². The molecule has 0 bridgehead atoms. The molecule has 1 atom stereocenters. The second-order valence-corrected chi connectivity index (χ2v) is 4.51. The van der Waals surface area contributed by atoms with Gasteiger partial charge >= 0.3 is 0 Å². The number of aromatic nitrogens is 3. The summed E-state index contributed by atoms with van der Waals surface area (Å²) in [6.07, 6.45) is 1.80. The highest BCUT2D eigenvalue weighted by molar-refractivity contribution is 7.09. The summed E-state index contributed by atoms with van der Waals surface area (Å²) >= 11 is 1.62. The number of anilines is 1. The van der Waals surface area contributed by atoms with E-state index in [1.54, 1.807) is 30.7 Å². The van der Waals surface area contributed by atoms with E-state index in [1.165, 1.54) is 0 Å². The van der Waals surface area contributed by atoms with E-state index in [0.29, 0.717) is 11.7 Å². The van der Waals surface area contributed by atoms with Crippen LogP contribution in [0.2, 0.25) is 0 Å². The first-order valence-corrected chi connectivity index (χ1v) is 6.12. The smallest absolute Gasteiger partial charge is 0.218 e. The first-order valence-electron chi connectivity index (χ1n) is 5.24. The van der Waals surface area contributed by atoms with Crippen molar-refractivity contribution in [3.05, 3.63) is 28.5 Å². The van der Waals surface area contributed by atoms with Crippen molar-refractivity contribution in [2.24, 2.45) is 0 Å². The van der Waals surface area contributed by atoms with Crippen molar-refractivity contribution in [3.8, 4) is 5.88 Å². The van der Waals surface area contributed by atoms with Crippen LogP contribution in [0.25, 0.3) is 0 Å². The van der Waals surface area contributed by atoms with E-state index in [4.69, 9.17) is 4.74 Å². The Hall–Kier alpha value is -1.69. The molecule has 1 N–H and O–H groups in total. The van der Waals surface area contributed by atoms with Crippen LogP contribution in [0.4, 0.5) is 5.82 Å². The van der Waals surface area contributed by atoms with Crippen LogP contribution in [0.15, 0.2) is 17.6 Å². The Balaban J connectivity index is 2.15. The van der Waals surface area contributed by atoms with Crippen LogP contribution in [-0.2, 0) is 0 Å². The van der Waals surface area contributed by atoms with Crippen LogP contribution in [0.3, 0.4) is 0 Å². The highest BCUT2D eigenvalue weighted by atomic mass is 32.1. The predicted octanol–water partition coefficient (Wildman–Crippen LogP) is 2.42. The minimum atomic E-state index is 0.119. The van der Waals surface area contributed by atoms with Crippen LogP contribution < -0.4 is 10.1 Å². The second-order valence-electron chi connectivity index (χ2n) is 3.58. The third kappa shape index (κ3) is 2.91. The van der Waals surface area contributed by atoms with Crippen molar-refractivity contribution in [2.75, 3.05) is 12.4 Å². The van der Waals surface area contributed by atoms with Crippen molar-refractivity contribution in [3.63, 3.8) is 0 Å². The van der Waals surface area contributed by atoms with Crippen molar-refractivity contribution in [2.45, 2.75) is 19.9 Å². The molecule has 0 aromatic carbocycles. The molecule has 6 heteroatoms. The van der Waals surface area contributed by atoms with Gasteiger partial charge in [0, 0.05) is 17.6 Å². The third-order valence-electron chi connectivity index (χ3n) is 2.21. The molecule has 2 rings (SSSR count). The zero-order valence-electron chi connectivity index (χ0n) is 9.97. The molecule has 0 radical (unpaired) electrons. The van der Waals surface area contributed by atoms with Crippen LogP contribution in [0.1, 0.15) is 23.8 Å². The van der Waals surface area contributed by atoms with Crippen LogP contribution in [0, 0.1) is 6.92 Å². The maximum atomic E-state index is 5.10. The summed E-state index contributed by atoms with van der Waals surface area (Å²) in [5.74, 6) is 1.99. The Morgan fingerprint density at radius 2 is 2.24 bits per heavy atom. The minimum Gasteiger partial charge on any atom is -0.481 e. The maximum Gasteiger partial charge on any atom is 0.218 e. The van der Waals surface area contributed by atoms with E-state index in [0.717, 1.165) is 10.8 Å². The van der Waals surface area contributed by atoms with Crippen molar-refractivity contribution in [1.29, 1.82) is 0 Å². The van der Waals surface area contributed by atoms with E-state index in [9.17, 15) is 0 Å². The van der Waals surface area contributed by atoms with Crippen LogP contribution in [-0.4, -0.2) is 22.1 Å². The normalized spacial score (nSPS) is 12.2. The summed E-state index contributed by atoms with van der Waals surface area (Å²) < 4.78 is 5.10. The van der Waals surface area contributed by atoms with Crippen LogP contribution >= 0.6 is 11.3 Å². The quantitative estimate of drug-likeness (QED) is 0.903. The fourth-order valence-electron chi connectivity index (χ4n) is 1.45. The molecule has 0 fully saturated rings. The lowest BCUT2D eigenvalue weighted by Gasteiger charge is -2.12. The number of nitrogens with one attached hydrogen (secondary N) is 1. The number of thiazole rings is 1. The minimum absolute atomic E-state index is 0.119. The van der Waals surface area contributed by atoms with Gasteiger partial charge in [0.05, 0.1) is 13.2 Å². The van der Waals surface area contributed by atoms with Gasteiger partial charge in [-0.05, 0) is 13.8 Å². The zero-order valence-corrected chi connectivity index (χ0v) is 10.8. The number of methoxy groups -OCH3 is 1. The third-order valence-corrected chi connectivity index (χ3v) is 3.17. The molecule has 90 valence electrons. The van der Waals surface area contributed by atoms with Gasteiger partial charge in [-0.1, -0.05) is 0 Å². The molecule has 0 aliphatic rings. The van der Waals surface area contributed by atoms with Gasteiger partial charge in [-0.2, -0.15) is 4.98 Å². The number of aryl methyl sites for hydroxylation is 1. The first-order chi connectivity index (χ1) is 8.19. The Kier molecular flexibility index (Phi) is 3.53. The molecule has 0 saturated carbocycles. The number of rotatable bonds is 4. The number of hydrogen-bond acceptors (Lipinski definition) is 6. The summed E-state index contributed by atoms with van der Waals surface area (Å²) in [4.78, 5) is 12.7. The lowest BCUT2D eigenvalue weighted by molar-refractivity contribution is 0.396. The van der Waals surface area contributed by atoms with E-state index in [1.807, 2.05) is 19.2 Å². The Labute approximate surface area is 104 Å².